The molecule has 1 amide bonds. The molecule has 3 aromatic rings. The molecule has 27 heavy (non-hydrogen) atoms. The zero-order valence-electron chi connectivity index (χ0n) is 13.6. The Hall–Kier alpha value is -3.16. The molecule has 7 nitrogen and oxygen atoms in total. The Kier molecular flexibility index (Phi) is 5.54. The Morgan fingerprint density at radius 2 is 1.85 bits per heavy atom. The average molecular weight is 404 g/mol. The summed E-state index contributed by atoms with van der Waals surface area (Å²) in [5.41, 5.74) is 3.06. The van der Waals surface area contributed by atoms with Crippen LogP contribution in [0, 0.1) is 10.1 Å². The Labute approximate surface area is 163 Å². The van der Waals surface area contributed by atoms with Crippen LogP contribution in [0.1, 0.15) is 16.1 Å². The van der Waals surface area contributed by atoms with Crippen molar-refractivity contribution in [2.24, 2.45) is 5.10 Å². The predicted molar refractivity (Wildman–Crippen MR) is 102 cm³/mol. The van der Waals surface area contributed by atoms with Gasteiger partial charge in [-0.2, -0.15) is 5.10 Å². The molecule has 1 aromatic heterocycles. The highest BCUT2D eigenvalue weighted by Gasteiger charge is 2.15. The topological polar surface area (TPSA) is 97.7 Å². The molecule has 0 saturated carbocycles. The fraction of sp³-hybridized carbons (Fsp3) is 0. The van der Waals surface area contributed by atoms with Gasteiger partial charge in [0.15, 0.2) is 0 Å². The molecule has 1 N–H and O–H groups in total. The van der Waals surface area contributed by atoms with Gasteiger partial charge in [0.2, 0.25) is 0 Å². The van der Waals surface area contributed by atoms with Gasteiger partial charge in [-0.25, -0.2) is 5.43 Å². The SMILES string of the molecule is O=C(N/N=C\c1ccc(-c2ccc(Cl)c([N+](=O)[O-])c2)o1)c1ccc(Cl)cc1. The van der Waals surface area contributed by atoms with E-state index >= 15 is 0 Å². The second-order valence-electron chi connectivity index (χ2n) is 5.33. The highest BCUT2D eigenvalue weighted by atomic mass is 35.5. The third kappa shape index (κ3) is 4.52. The molecule has 0 fully saturated rings. The number of hydrazone groups is 1. The smallest absolute Gasteiger partial charge is 0.288 e. The van der Waals surface area contributed by atoms with Crippen molar-refractivity contribution in [3.63, 3.8) is 0 Å². The summed E-state index contributed by atoms with van der Waals surface area (Å²) < 4.78 is 5.56. The van der Waals surface area contributed by atoms with Gasteiger partial charge in [0.25, 0.3) is 11.6 Å². The molecule has 3 rings (SSSR count). The molecule has 2 aromatic carbocycles. The van der Waals surface area contributed by atoms with Gasteiger partial charge in [-0.15, -0.1) is 0 Å². The van der Waals surface area contributed by atoms with Crippen LogP contribution in [0.2, 0.25) is 10.0 Å². The standard InChI is InChI=1S/C18H11Cl2N3O4/c19-13-4-1-11(2-5-13)18(24)22-21-10-14-6-8-17(27-14)12-3-7-15(20)16(9-12)23(25)26/h1-10H,(H,22,24)/b21-10-. The molecule has 0 bridgehead atoms. The third-order valence-corrected chi connectivity index (χ3v) is 4.09. The first-order chi connectivity index (χ1) is 12.9. The molecule has 0 radical (unpaired) electrons. The minimum absolute atomic E-state index is 0.0435. The van der Waals surface area contributed by atoms with Crippen molar-refractivity contribution in [3.05, 3.63) is 86.1 Å². The minimum atomic E-state index is -0.566. The zero-order chi connectivity index (χ0) is 19.4. The lowest BCUT2D eigenvalue weighted by Gasteiger charge is -2.00. The second-order valence-corrected chi connectivity index (χ2v) is 6.17. The lowest BCUT2D eigenvalue weighted by molar-refractivity contribution is -0.384. The van der Waals surface area contributed by atoms with Crippen molar-refractivity contribution in [2.75, 3.05) is 0 Å². The van der Waals surface area contributed by atoms with Gasteiger partial charge < -0.3 is 4.42 Å². The number of halogens is 2. The van der Waals surface area contributed by atoms with Crippen LogP contribution in [0.15, 0.2) is 64.1 Å². The maximum absolute atomic E-state index is 11.9. The van der Waals surface area contributed by atoms with Crippen molar-refractivity contribution in [3.8, 4) is 11.3 Å². The maximum Gasteiger partial charge on any atom is 0.288 e. The number of rotatable bonds is 5. The quantitative estimate of drug-likeness (QED) is 0.371. The van der Waals surface area contributed by atoms with Crippen molar-refractivity contribution in [1.29, 1.82) is 0 Å². The van der Waals surface area contributed by atoms with Crippen molar-refractivity contribution in [1.82, 2.24) is 5.43 Å². The molecule has 9 heteroatoms. The van der Waals surface area contributed by atoms with Gasteiger partial charge >= 0.3 is 0 Å². The summed E-state index contributed by atoms with van der Waals surface area (Å²) in [6.07, 6.45) is 1.32. The molecule has 0 aliphatic carbocycles. The summed E-state index contributed by atoms with van der Waals surface area (Å²) in [4.78, 5) is 22.3. The second kappa shape index (κ2) is 8.03. The van der Waals surface area contributed by atoms with E-state index in [-0.39, 0.29) is 10.7 Å². The molecule has 1 heterocycles. The van der Waals surface area contributed by atoms with Gasteiger partial charge in [-0.05, 0) is 48.5 Å². The number of carbonyl (C=O) groups excluding carboxylic acids is 1. The first kappa shape index (κ1) is 18.6. The molecular formula is C18H11Cl2N3O4. The van der Waals surface area contributed by atoms with Crippen LogP contribution in [-0.4, -0.2) is 17.0 Å². The lowest BCUT2D eigenvalue weighted by atomic mass is 10.1. The summed E-state index contributed by atoms with van der Waals surface area (Å²) in [6, 6.07) is 14.0. The summed E-state index contributed by atoms with van der Waals surface area (Å²) in [7, 11) is 0. The summed E-state index contributed by atoms with van der Waals surface area (Å²) in [6.45, 7) is 0. The highest BCUT2D eigenvalue weighted by Crippen LogP contribution is 2.30. The van der Waals surface area contributed by atoms with Crippen molar-refractivity contribution < 1.29 is 14.1 Å². The average Bonchev–Trinajstić information content (AvgIpc) is 3.11. The fourth-order valence-corrected chi connectivity index (χ4v) is 2.52. The van der Waals surface area contributed by atoms with Crippen LogP contribution < -0.4 is 5.43 Å². The van der Waals surface area contributed by atoms with Crippen molar-refractivity contribution in [2.45, 2.75) is 0 Å². The van der Waals surface area contributed by atoms with Gasteiger partial charge in [0.1, 0.15) is 16.5 Å². The number of amides is 1. The molecule has 0 atom stereocenters. The van der Waals surface area contributed by atoms with Crippen LogP contribution in [0.5, 0.6) is 0 Å². The molecule has 0 aliphatic rings. The molecule has 0 aliphatic heterocycles. The number of hydrogen-bond donors (Lipinski definition) is 1. The van der Waals surface area contributed by atoms with Crippen LogP contribution in [0.25, 0.3) is 11.3 Å². The maximum atomic E-state index is 11.9. The largest absolute Gasteiger partial charge is 0.455 e. The predicted octanol–water partition coefficient (Wildman–Crippen LogP) is 4.93. The fourth-order valence-electron chi connectivity index (χ4n) is 2.20. The first-order valence-corrected chi connectivity index (χ1v) is 8.33. The highest BCUT2D eigenvalue weighted by molar-refractivity contribution is 6.32. The molecule has 0 spiro atoms. The van der Waals surface area contributed by atoms with Crippen molar-refractivity contribution >= 4 is 41.0 Å². The Morgan fingerprint density at radius 1 is 1.11 bits per heavy atom. The van der Waals surface area contributed by atoms with E-state index in [1.165, 1.54) is 18.3 Å². The van der Waals surface area contributed by atoms with Gasteiger partial charge in [-0.3, -0.25) is 14.9 Å². The van der Waals surface area contributed by atoms with E-state index in [2.05, 4.69) is 10.5 Å². The Balaban J connectivity index is 1.70. The Bertz CT molecular complexity index is 1030. The number of furan rings is 1. The van der Waals surface area contributed by atoms with E-state index in [1.807, 2.05) is 0 Å². The van der Waals surface area contributed by atoms with Crippen LogP contribution in [-0.2, 0) is 0 Å². The van der Waals surface area contributed by atoms with Crippen LogP contribution >= 0.6 is 23.2 Å². The summed E-state index contributed by atoms with van der Waals surface area (Å²) >= 11 is 11.6. The van der Waals surface area contributed by atoms with E-state index < -0.39 is 10.8 Å². The third-order valence-electron chi connectivity index (χ3n) is 3.52. The van der Waals surface area contributed by atoms with E-state index in [0.29, 0.717) is 27.7 Å². The normalized spacial score (nSPS) is 10.9. The van der Waals surface area contributed by atoms with Crippen LogP contribution in [0.3, 0.4) is 0 Å². The van der Waals surface area contributed by atoms with E-state index in [9.17, 15) is 14.9 Å². The summed E-state index contributed by atoms with van der Waals surface area (Å²) in [5, 5.41) is 15.4. The van der Waals surface area contributed by atoms with E-state index in [1.54, 1.807) is 42.5 Å². The van der Waals surface area contributed by atoms with E-state index in [0.717, 1.165) is 0 Å². The molecular weight excluding hydrogens is 393 g/mol. The molecule has 0 unspecified atom stereocenters. The molecule has 0 saturated heterocycles. The van der Waals surface area contributed by atoms with E-state index in [4.69, 9.17) is 27.6 Å². The lowest BCUT2D eigenvalue weighted by Crippen LogP contribution is -2.17. The van der Waals surface area contributed by atoms with Gasteiger partial charge in [0.05, 0.1) is 11.1 Å². The number of benzene rings is 2. The number of nitrogens with zero attached hydrogens (tertiary/aromatic N) is 2. The zero-order valence-corrected chi connectivity index (χ0v) is 15.1. The number of nitro groups is 1. The number of nitro benzene ring substituents is 1. The van der Waals surface area contributed by atoms with Gasteiger partial charge in [-0.1, -0.05) is 23.2 Å². The number of carbonyl (C=O) groups is 1. The van der Waals surface area contributed by atoms with Gasteiger partial charge in [0, 0.05) is 22.2 Å². The number of hydrogen-bond acceptors (Lipinski definition) is 5. The Morgan fingerprint density at radius 3 is 2.56 bits per heavy atom. The number of nitrogens with one attached hydrogen (secondary N) is 1. The minimum Gasteiger partial charge on any atom is -0.455 e. The monoisotopic (exact) mass is 403 g/mol. The molecule has 136 valence electrons. The van der Waals surface area contributed by atoms with Crippen LogP contribution in [0.4, 0.5) is 5.69 Å². The first-order valence-electron chi connectivity index (χ1n) is 7.57. The summed E-state index contributed by atoms with van der Waals surface area (Å²) in [5.74, 6) is 0.363.